The summed E-state index contributed by atoms with van der Waals surface area (Å²) < 4.78 is 11.9. The Morgan fingerprint density at radius 1 is 1.10 bits per heavy atom. The number of nitrogens with one attached hydrogen (secondary N) is 1. The summed E-state index contributed by atoms with van der Waals surface area (Å²) in [7, 11) is 1.36. The molecule has 0 radical (unpaired) electrons. The van der Waals surface area contributed by atoms with Crippen LogP contribution in [0.4, 0.5) is 5.82 Å². The van der Waals surface area contributed by atoms with Crippen molar-refractivity contribution in [3.05, 3.63) is 58.0 Å². The number of hydrogen-bond acceptors (Lipinski definition) is 9. The molecule has 12 nitrogen and oxygen atoms in total. The molecular weight excluding hydrogens is 514 g/mol. The van der Waals surface area contributed by atoms with Crippen LogP contribution in [0, 0.1) is 0 Å². The second-order valence-electron chi connectivity index (χ2n) is 9.78. The van der Waals surface area contributed by atoms with Gasteiger partial charge in [0.2, 0.25) is 5.91 Å². The van der Waals surface area contributed by atoms with E-state index in [2.05, 4.69) is 38.9 Å². The fourth-order valence-electron chi connectivity index (χ4n) is 4.49. The number of unbranched alkanes of at least 4 members (excludes halogenated alkanes) is 1. The number of carbonyl (C=O) groups excluding carboxylic acids is 2. The summed E-state index contributed by atoms with van der Waals surface area (Å²) >= 11 is 0. The van der Waals surface area contributed by atoms with Crippen LogP contribution in [0.2, 0.25) is 0 Å². The Morgan fingerprint density at radius 3 is 2.52 bits per heavy atom. The number of methoxy groups -OCH3 is 1. The lowest BCUT2D eigenvalue weighted by molar-refractivity contribution is -0.139. The Morgan fingerprint density at radius 2 is 1.82 bits per heavy atom. The zero-order chi connectivity index (χ0) is 28.5. The third kappa shape index (κ3) is 7.47. The highest BCUT2D eigenvalue weighted by atomic mass is 16.5. The number of benzene rings is 1. The number of fused-ring (bicyclic) bond motifs is 1. The number of aromatic amines is 1. The molecule has 3 N–H and O–H groups in total. The largest absolute Gasteiger partial charge is 0.469 e. The van der Waals surface area contributed by atoms with Crippen molar-refractivity contribution in [3.8, 4) is 6.01 Å². The van der Waals surface area contributed by atoms with Gasteiger partial charge in [0, 0.05) is 32.7 Å². The van der Waals surface area contributed by atoms with E-state index in [1.807, 2.05) is 24.3 Å². The zero-order valence-electron chi connectivity index (χ0n) is 23.1. The number of ether oxygens (including phenoxy) is 2. The quantitative estimate of drug-likeness (QED) is 0.174. The van der Waals surface area contributed by atoms with E-state index in [-0.39, 0.29) is 35.8 Å². The minimum absolute atomic E-state index is 0.00629. The maximum Gasteiger partial charge on any atom is 0.327 e. The molecule has 12 heteroatoms. The molecule has 3 heterocycles. The molecular formula is C28H37N7O5. The molecule has 0 fully saturated rings. The van der Waals surface area contributed by atoms with Gasteiger partial charge in [-0.25, -0.2) is 4.79 Å². The van der Waals surface area contributed by atoms with Crippen LogP contribution in [0.25, 0.3) is 11.2 Å². The van der Waals surface area contributed by atoms with Gasteiger partial charge in [0.25, 0.3) is 0 Å². The van der Waals surface area contributed by atoms with E-state index in [4.69, 9.17) is 15.2 Å². The number of amides is 1. The van der Waals surface area contributed by atoms with Crippen molar-refractivity contribution in [1.82, 2.24) is 29.3 Å². The van der Waals surface area contributed by atoms with E-state index < -0.39 is 0 Å². The van der Waals surface area contributed by atoms with Gasteiger partial charge in [0.15, 0.2) is 11.5 Å². The summed E-state index contributed by atoms with van der Waals surface area (Å²) in [6.45, 7) is 5.49. The summed E-state index contributed by atoms with van der Waals surface area (Å²) in [6, 6.07) is 7.71. The Balaban J connectivity index is 1.46. The topological polar surface area (TPSA) is 149 Å². The second kappa shape index (κ2) is 13.7. The Bertz CT molecular complexity index is 1390. The average Bonchev–Trinajstić information content (AvgIpc) is 3.57. The second-order valence-corrected chi connectivity index (χ2v) is 9.78. The van der Waals surface area contributed by atoms with Crippen molar-refractivity contribution < 1.29 is 19.1 Å². The molecule has 40 heavy (non-hydrogen) atoms. The molecule has 1 amide bonds. The molecule has 1 aliphatic rings. The molecule has 0 saturated carbocycles. The highest BCUT2D eigenvalue weighted by Crippen LogP contribution is 2.18. The number of nitrogen functional groups attached to an aromatic ring is 1. The smallest absolute Gasteiger partial charge is 0.327 e. The zero-order valence-corrected chi connectivity index (χ0v) is 23.1. The number of aromatic nitrogens is 4. The fraction of sp³-hybridized carbons (Fsp3) is 0.464. The number of hydrogen-bond donors (Lipinski definition) is 2. The predicted octanol–water partition coefficient (Wildman–Crippen LogP) is 1.89. The van der Waals surface area contributed by atoms with Crippen molar-refractivity contribution in [3.63, 3.8) is 0 Å². The van der Waals surface area contributed by atoms with Crippen molar-refractivity contribution in [1.29, 1.82) is 0 Å². The van der Waals surface area contributed by atoms with E-state index >= 15 is 0 Å². The standard InChI is InChI=1S/C28H37N7O5/c1-3-4-16-40-27-31-25(29)24-26(32-27)35(28(38)30-24)15-7-14-34(22(36)19-33-12-5-6-13-33)18-21-10-8-20(9-11-21)17-23(37)39-2/h5-6,8-11H,3-4,7,12-19H2,1-2H3,(H,30,38)(H2,29,31,32). The number of aryl methyl sites for hydroxylation is 1. The molecule has 4 rings (SSSR count). The minimum Gasteiger partial charge on any atom is -0.469 e. The highest BCUT2D eigenvalue weighted by molar-refractivity contribution is 5.82. The van der Waals surface area contributed by atoms with E-state index in [1.54, 1.807) is 4.90 Å². The molecule has 0 bridgehead atoms. The van der Waals surface area contributed by atoms with Crippen LogP contribution in [-0.4, -0.2) is 81.1 Å². The first-order chi connectivity index (χ1) is 19.4. The molecule has 0 atom stereocenters. The summed E-state index contributed by atoms with van der Waals surface area (Å²) in [4.78, 5) is 52.8. The number of anilines is 1. The fourth-order valence-corrected chi connectivity index (χ4v) is 4.49. The number of rotatable bonds is 14. The number of carbonyl (C=O) groups is 2. The molecule has 0 spiro atoms. The highest BCUT2D eigenvalue weighted by Gasteiger charge is 2.20. The first-order valence-corrected chi connectivity index (χ1v) is 13.6. The normalized spacial score (nSPS) is 13.2. The third-order valence-corrected chi connectivity index (χ3v) is 6.75. The first-order valence-electron chi connectivity index (χ1n) is 13.6. The average molecular weight is 552 g/mol. The van der Waals surface area contributed by atoms with Gasteiger partial charge in [-0.05, 0) is 24.0 Å². The van der Waals surface area contributed by atoms with E-state index in [1.165, 1.54) is 11.7 Å². The van der Waals surface area contributed by atoms with E-state index in [0.29, 0.717) is 50.4 Å². The van der Waals surface area contributed by atoms with E-state index in [9.17, 15) is 14.4 Å². The maximum atomic E-state index is 13.3. The number of H-pyrrole nitrogens is 1. The molecule has 0 aliphatic carbocycles. The third-order valence-electron chi connectivity index (χ3n) is 6.75. The number of imidazole rings is 1. The van der Waals surface area contributed by atoms with Gasteiger partial charge in [-0.3, -0.25) is 19.1 Å². The van der Waals surface area contributed by atoms with Gasteiger partial charge >= 0.3 is 17.7 Å². The van der Waals surface area contributed by atoms with Gasteiger partial charge in [0.05, 0.1) is 26.7 Å². The van der Waals surface area contributed by atoms with Crippen LogP contribution < -0.4 is 16.2 Å². The molecule has 2 aromatic heterocycles. The lowest BCUT2D eigenvalue weighted by Crippen LogP contribution is -2.40. The van der Waals surface area contributed by atoms with Crippen molar-refractivity contribution in [2.24, 2.45) is 0 Å². The lowest BCUT2D eigenvalue weighted by atomic mass is 10.1. The maximum absolute atomic E-state index is 13.3. The molecule has 0 unspecified atom stereocenters. The summed E-state index contributed by atoms with van der Waals surface area (Å²) in [5.41, 5.74) is 8.26. The van der Waals surface area contributed by atoms with Gasteiger partial charge < -0.3 is 25.1 Å². The van der Waals surface area contributed by atoms with Crippen LogP contribution in [0.1, 0.15) is 37.3 Å². The number of nitrogens with two attached hydrogens (primary N) is 1. The van der Waals surface area contributed by atoms with Crippen molar-refractivity contribution >= 4 is 28.9 Å². The van der Waals surface area contributed by atoms with Crippen LogP contribution in [-0.2, 0) is 33.8 Å². The molecule has 1 aromatic carbocycles. The summed E-state index contributed by atoms with van der Waals surface area (Å²) in [5.74, 6) is -0.145. The molecule has 3 aromatic rings. The van der Waals surface area contributed by atoms with Crippen LogP contribution in [0.15, 0.2) is 41.2 Å². The van der Waals surface area contributed by atoms with Crippen LogP contribution in [0.5, 0.6) is 6.01 Å². The Kier molecular flexibility index (Phi) is 9.90. The first kappa shape index (κ1) is 28.8. The van der Waals surface area contributed by atoms with Crippen LogP contribution in [0.3, 0.4) is 0 Å². The van der Waals surface area contributed by atoms with Crippen LogP contribution >= 0.6 is 0 Å². The predicted molar refractivity (Wildman–Crippen MR) is 151 cm³/mol. The SMILES string of the molecule is CCCCOc1nc(N)c2[nH]c(=O)n(CCCN(Cc3ccc(CC(=O)OC)cc3)C(=O)CN3CC=CC3)c2n1. The Labute approximate surface area is 232 Å². The van der Waals surface area contributed by atoms with Crippen molar-refractivity contribution in [2.45, 2.75) is 45.7 Å². The number of esters is 1. The summed E-state index contributed by atoms with van der Waals surface area (Å²) in [5, 5.41) is 0. The van der Waals surface area contributed by atoms with Crippen molar-refractivity contribution in [2.75, 3.05) is 45.6 Å². The van der Waals surface area contributed by atoms with Gasteiger partial charge in [-0.2, -0.15) is 9.97 Å². The number of nitrogens with zero attached hydrogens (tertiary/aromatic N) is 5. The molecule has 214 valence electrons. The molecule has 0 saturated heterocycles. The van der Waals surface area contributed by atoms with E-state index in [0.717, 1.165) is 37.1 Å². The van der Waals surface area contributed by atoms with Gasteiger partial charge in [-0.15, -0.1) is 0 Å². The Hall–Kier alpha value is -4.19. The minimum atomic E-state index is -0.344. The monoisotopic (exact) mass is 551 g/mol. The van der Waals surface area contributed by atoms with Gasteiger partial charge in [-0.1, -0.05) is 49.8 Å². The molecule has 1 aliphatic heterocycles. The lowest BCUT2D eigenvalue weighted by Gasteiger charge is -2.26. The van der Waals surface area contributed by atoms with Gasteiger partial charge in [0.1, 0.15) is 5.52 Å². The summed E-state index contributed by atoms with van der Waals surface area (Å²) in [6.07, 6.45) is 6.64.